The van der Waals surface area contributed by atoms with Crippen molar-refractivity contribution in [2.45, 2.75) is 151 Å². The van der Waals surface area contributed by atoms with Gasteiger partial charge in [-0.2, -0.15) is 0 Å². The van der Waals surface area contributed by atoms with Crippen molar-refractivity contribution >= 4 is 11.8 Å². The third kappa shape index (κ3) is 9.13. The average molecular weight is 755 g/mol. The molecule has 12 N–H and O–H groups in total. The maximum atomic E-state index is 14.1. The fourth-order valence-electron chi connectivity index (χ4n) is 12.4. The van der Waals surface area contributed by atoms with Gasteiger partial charge < -0.3 is 43.4 Å². The molecule has 0 spiro atoms. The van der Waals surface area contributed by atoms with Gasteiger partial charge in [0.15, 0.2) is 0 Å². The van der Waals surface area contributed by atoms with Crippen LogP contribution in [-0.2, 0) is 9.59 Å². The Labute approximate surface area is 324 Å². The van der Waals surface area contributed by atoms with E-state index in [0.717, 1.165) is 65.0 Å². The summed E-state index contributed by atoms with van der Waals surface area (Å²) in [7, 11) is 0. The Morgan fingerprint density at radius 1 is 0.519 bits per heavy atom. The number of piperidine rings is 6. The Morgan fingerprint density at radius 2 is 0.907 bits per heavy atom. The van der Waals surface area contributed by atoms with E-state index in [2.05, 4.69) is 52.3 Å². The summed E-state index contributed by atoms with van der Waals surface area (Å²) in [4.78, 5) is 33.8. The van der Waals surface area contributed by atoms with Crippen molar-refractivity contribution in [2.75, 3.05) is 65.4 Å². The Balaban J connectivity index is 1.18. The first-order valence-corrected chi connectivity index (χ1v) is 22.4. The molecule has 54 heavy (non-hydrogen) atoms. The maximum absolute atomic E-state index is 14.1. The molecule has 0 radical (unpaired) electrons. The zero-order valence-corrected chi connectivity index (χ0v) is 32.9. The van der Waals surface area contributed by atoms with E-state index in [9.17, 15) is 9.59 Å². The summed E-state index contributed by atoms with van der Waals surface area (Å²) >= 11 is 0. The van der Waals surface area contributed by atoms with Gasteiger partial charge in [-0.15, -0.1) is 0 Å². The van der Waals surface area contributed by atoms with Crippen molar-refractivity contribution in [1.82, 2.24) is 52.3 Å². The zero-order chi connectivity index (χ0) is 37.0. The van der Waals surface area contributed by atoms with Crippen LogP contribution in [-0.4, -0.2) is 148 Å². The fraction of sp³-hybridized carbons (Fsp3) is 0.950. The molecule has 0 saturated carbocycles. The van der Waals surface area contributed by atoms with Gasteiger partial charge in [0.1, 0.15) is 0 Å². The number of carbonyl (C=O) groups excluding carboxylic acids is 2. The Kier molecular flexibility index (Phi) is 13.4. The van der Waals surface area contributed by atoms with Crippen LogP contribution in [0.3, 0.4) is 0 Å². The van der Waals surface area contributed by atoms with Gasteiger partial charge in [-0.3, -0.25) is 30.0 Å². The highest BCUT2D eigenvalue weighted by Gasteiger charge is 2.48. The predicted octanol–water partition coefficient (Wildman–Crippen LogP) is -1.09. The largest absolute Gasteiger partial charge is 0.355 e. The molecule has 14 nitrogen and oxygen atoms in total. The molecule has 0 aromatic heterocycles. The van der Waals surface area contributed by atoms with E-state index in [4.69, 9.17) is 11.5 Å². The summed E-state index contributed by atoms with van der Waals surface area (Å²) in [6.45, 7) is 7.11. The van der Waals surface area contributed by atoms with Gasteiger partial charge in [-0.05, 0) is 102 Å². The molecule has 16 atom stereocenters. The number of nitrogens with zero attached hydrogens (tertiary/aromatic N) is 2. The van der Waals surface area contributed by atoms with Gasteiger partial charge in [0.2, 0.25) is 11.8 Å². The van der Waals surface area contributed by atoms with Crippen LogP contribution in [0.5, 0.6) is 0 Å². The molecule has 10 fully saturated rings. The third-order valence-corrected chi connectivity index (χ3v) is 15.0. The topological polar surface area (TPSA) is 189 Å². The van der Waals surface area contributed by atoms with Gasteiger partial charge in [0.25, 0.3) is 0 Å². The van der Waals surface area contributed by atoms with Crippen molar-refractivity contribution < 1.29 is 9.59 Å². The molecule has 10 saturated heterocycles. The third-order valence-electron chi connectivity index (χ3n) is 15.0. The maximum Gasteiger partial charge on any atom is 0.223 e. The van der Waals surface area contributed by atoms with Crippen LogP contribution >= 0.6 is 0 Å². The lowest BCUT2D eigenvalue weighted by Gasteiger charge is -2.51. The number of nitrogens with two attached hydrogens (primary N) is 2. The monoisotopic (exact) mass is 755 g/mol. The number of carbonyl (C=O) groups is 2. The van der Waals surface area contributed by atoms with Crippen molar-refractivity contribution in [2.24, 2.45) is 35.1 Å². The minimum absolute atomic E-state index is 0.0391. The van der Waals surface area contributed by atoms with Crippen LogP contribution in [0.15, 0.2) is 0 Å². The molecule has 14 bridgehead atoms. The molecule has 10 heterocycles. The molecule has 0 aliphatic carbocycles. The number of hydrogen-bond acceptors (Lipinski definition) is 12. The van der Waals surface area contributed by atoms with Crippen molar-refractivity contribution in [1.29, 1.82) is 0 Å². The number of rotatable bonds is 6. The number of hydrogen-bond donors (Lipinski definition) is 10. The van der Waals surface area contributed by atoms with Crippen molar-refractivity contribution in [3.63, 3.8) is 0 Å². The second-order valence-electron chi connectivity index (χ2n) is 18.5. The van der Waals surface area contributed by atoms with Crippen LogP contribution < -0.4 is 54.0 Å². The number of amides is 2. The summed E-state index contributed by atoms with van der Waals surface area (Å²) < 4.78 is 0. The minimum Gasteiger partial charge on any atom is -0.355 e. The van der Waals surface area contributed by atoms with Gasteiger partial charge in [0, 0.05) is 113 Å². The van der Waals surface area contributed by atoms with Crippen molar-refractivity contribution in [3.8, 4) is 0 Å². The van der Waals surface area contributed by atoms with E-state index in [1.165, 1.54) is 64.2 Å². The number of nitrogens with one attached hydrogen (secondary N) is 8. The zero-order valence-electron chi connectivity index (χ0n) is 32.9. The smallest absolute Gasteiger partial charge is 0.223 e. The summed E-state index contributed by atoms with van der Waals surface area (Å²) in [5.74, 6) is -0.0939. The first-order valence-electron chi connectivity index (χ1n) is 22.4. The first kappa shape index (κ1) is 39.4. The van der Waals surface area contributed by atoms with Gasteiger partial charge in [0.05, 0.1) is 12.3 Å². The van der Waals surface area contributed by atoms with Gasteiger partial charge in [-0.1, -0.05) is 12.8 Å². The lowest BCUT2D eigenvalue weighted by atomic mass is 9.67. The van der Waals surface area contributed by atoms with Crippen LogP contribution in [0.4, 0.5) is 0 Å². The summed E-state index contributed by atoms with van der Waals surface area (Å²) in [6, 6.07) is 3.15. The lowest BCUT2D eigenvalue weighted by molar-refractivity contribution is -0.135. The van der Waals surface area contributed by atoms with Crippen LogP contribution in [0.2, 0.25) is 0 Å². The quantitative estimate of drug-likeness (QED) is 0.158. The van der Waals surface area contributed by atoms with Crippen LogP contribution in [0, 0.1) is 23.7 Å². The van der Waals surface area contributed by atoms with Gasteiger partial charge in [-0.25, -0.2) is 0 Å². The lowest BCUT2D eigenvalue weighted by Crippen LogP contribution is -2.68. The van der Waals surface area contributed by atoms with E-state index >= 15 is 0 Å². The summed E-state index contributed by atoms with van der Waals surface area (Å²) in [5, 5.41) is 31.3. The standard InChI is InChI=1S/C40H74N12O2/c41-13-15-43-39(53)29-17-27-23-51-21-25-5-1-7-33(47-25)34-8-2-6-26(48-34)22-52(38-12-4-10-36(50-38)35-9-3-11-37(51)49-35)24-28-18-30(40(54)44-16-14-42)32(20-46-28)31(29)19-45-27/h25-38,45-50H,1-24,41-42H2,(H,43,53)(H,44,54). The van der Waals surface area contributed by atoms with E-state index in [-0.39, 0.29) is 47.6 Å². The van der Waals surface area contributed by atoms with E-state index in [1.807, 2.05) is 0 Å². The molecular formula is C40H74N12O2. The average Bonchev–Trinajstić information content (AvgIpc) is 3.21. The van der Waals surface area contributed by atoms with Crippen LogP contribution in [0.1, 0.15) is 89.9 Å². The molecule has 2 amide bonds. The van der Waals surface area contributed by atoms with E-state index < -0.39 is 0 Å². The first-order chi connectivity index (χ1) is 26.4. The predicted molar refractivity (Wildman–Crippen MR) is 212 cm³/mol. The molecule has 14 heteroatoms. The molecule has 306 valence electrons. The minimum atomic E-state index is -0.183. The molecular weight excluding hydrogens is 681 g/mol. The second-order valence-corrected chi connectivity index (χ2v) is 18.5. The highest BCUT2D eigenvalue weighted by Crippen LogP contribution is 2.38. The molecule has 16 unspecified atom stereocenters. The molecule has 0 aromatic rings. The Morgan fingerprint density at radius 3 is 1.33 bits per heavy atom. The van der Waals surface area contributed by atoms with Crippen molar-refractivity contribution in [3.05, 3.63) is 0 Å². The summed E-state index contributed by atoms with van der Waals surface area (Å²) in [6.07, 6.45) is 16.8. The highest BCUT2D eigenvalue weighted by atomic mass is 16.2. The fourth-order valence-corrected chi connectivity index (χ4v) is 12.4. The SMILES string of the molecule is NCCNC(=O)C1CC2CN3CC4CCCC(N4)C4CCCC(CN(CC5CC(C(=O)NCCN)C(CN5)C1CN2)C1CCCC(N1)C1CCCC3N1)N4. The Hall–Kier alpha value is -1.46. The van der Waals surface area contributed by atoms with E-state index in [1.54, 1.807) is 0 Å². The Bertz CT molecular complexity index is 1150. The molecule has 10 aliphatic rings. The van der Waals surface area contributed by atoms with Gasteiger partial charge >= 0.3 is 0 Å². The van der Waals surface area contributed by atoms with Crippen LogP contribution in [0.25, 0.3) is 0 Å². The normalized spacial score (nSPS) is 45.6. The molecule has 10 rings (SSSR count). The molecule has 0 aromatic carbocycles. The molecule has 10 aliphatic heterocycles. The number of fused-ring (bicyclic) bond motifs is 7. The highest BCUT2D eigenvalue weighted by molar-refractivity contribution is 5.81. The second kappa shape index (κ2) is 18.4. The summed E-state index contributed by atoms with van der Waals surface area (Å²) in [5.41, 5.74) is 11.8. The van der Waals surface area contributed by atoms with E-state index in [0.29, 0.717) is 74.8 Å².